The maximum absolute atomic E-state index is 10.6. The third kappa shape index (κ3) is 6.16. The Balaban J connectivity index is 0. The van der Waals surface area contributed by atoms with E-state index in [1.807, 2.05) is 27.7 Å². The van der Waals surface area contributed by atoms with E-state index in [2.05, 4.69) is 0 Å². The predicted octanol–water partition coefficient (Wildman–Crippen LogP) is 1.53. The molecule has 1 saturated heterocycles. The van der Waals surface area contributed by atoms with Crippen molar-refractivity contribution in [3.8, 4) is 0 Å². The molecule has 3 heteroatoms. The SMILES string of the molecule is CC.CC.CN1CCOCC1=O. The van der Waals surface area contributed by atoms with Crippen LogP contribution in [0, 0.1) is 0 Å². The number of carbonyl (C=O) groups excluding carboxylic acids is 1. The van der Waals surface area contributed by atoms with E-state index in [0.717, 1.165) is 6.54 Å². The van der Waals surface area contributed by atoms with E-state index < -0.39 is 0 Å². The fourth-order valence-corrected chi connectivity index (χ4v) is 0.596. The van der Waals surface area contributed by atoms with Crippen LogP contribution < -0.4 is 0 Å². The molecule has 12 heavy (non-hydrogen) atoms. The average molecular weight is 175 g/mol. The lowest BCUT2D eigenvalue weighted by molar-refractivity contribution is -0.140. The van der Waals surface area contributed by atoms with E-state index in [9.17, 15) is 4.79 Å². The fourth-order valence-electron chi connectivity index (χ4n) is 0.596. The monoisotopic (exact) mass is 175 g/mol. The van der Waals surface area contributed by atoms with Crippen LogP contribution in [0.3, 0.4) is 0 Å². The molecule has 0 bridgehead atoms. The summed E-state index contributed by atoms with van der Waals surface area (Å²) in [6.45, 7) is 9.68. The molecule has 1 rings (SSSR count). The molecule has 0 aliphatic carbocycles. The lowest BCUT2D eigenvalue weighted by Gasteiger charge is -2.21. The predicted molar refractivity (Wildman–Crippen MR) is 51.2 cm³/mol. The topological polar surface area (TPSA) is 29.5 Å². The van der Waals surface area contributed by atoms with Crippen LogP contribution in [-0.4, -0.2) is 37.6 Å². The van der Waals surface area contributed by atoms with E-state index in [1.54, 1.807) is 11.9 Å². The highest BCUT2D eigenvalue weighted by Gasteiger charge is 2.12. The Kier molecular flexibility index (Phi) is 12.2. The molecule has 0 aromatic heterocycles. The molecular formula is C9H21NO2. The molecular weight excluding hydrogens is 154 g/mol. The number of hydrogen-bond donors (Lipinski definition) is 0. The van der Waals surface area contributed by atoms with Crippen molar-refractivity contribution in [3.63, 3.8) is 0 Å². The Morgan fingerprint density at radius 3 is 2.00 bits per heavy atom. The summed E-state index contributed by atoms with van der Waals surface area (Å²) in [4.78, 5) is 12.3. The molecule has 0 N–H and O–H groups in total. The minimum Gasteiger partial charge on any atom is -0.370 e. The highest BCUT2D eigenvalue weighted by molar-refractivity contribution is 5.77. The summed E-state index contributed by atoms with van der Waals surface area (Å²) in [5.41, 5.74) is 0. The first kappa shape index (κ1) is 14.0. The number of ether oxygens (including phenoxy) is 1. The molecule has 1 heterocycles. The van der Waals surface area contributed by atoms with Crippen LogP contribution in [0.2, 0.25) is 0 Å². The molecule has 3 nitrogen and oxygen atoms in total. The third-order valence-electron chi connectivity index (χ3n) is 1.22. The van der Waals surface area contributed by atoms with Gasteiger partial charge >= 0.3 is 0 Å². The van der Waals surface area contributed by atoms with E-state index in [1.165, 1.54) is 0 Å². The normalized spacial score (nSPS) is 15.4. The highest BCUT2D eigenvalue weighted by atomic mass is 16.5. The average Bonchev–Trinajstić information content (AvgIpc) is 2.17. The summed E-state index contributed by atoms with van der Waals surface area (Å²) in [7, 11) is 1.78. The molecule has 0 radical (unpaired) electrons. The summed E-state index contributed by atoms with van der Waals surface area (Å²) in [6, 6.07) is 0. The van der Waals surface area contributed by atoms with Gasteiger partial charge < -0.3 is 9.64 Å². The van der Waals surface area contributed by atoms with Crippen molar-refractivity contribution in [1.29, 1.82) is 0 Å². The van der Waals surface area contributed by atoms with Gasteiger partial charge in [0.05, 0.1) is 6.61 Å². The molecule has 0 saturated carbocycles. The van der Waals surface area contributed by atoms with Gasteiger partial charge in [-0.05, 0) is 0 Å². The largest absolute Gasteiger partial charge is 0.370 e. The molecule has 0 spiro atoms. The number of morpholine rings is 1. The van der Waals surface area contributed by atoms with Crippen LogP contribution in [0.5, 0.6) is 0 Å². The number of hydrogen-bond acceptors (Lipinski definition) is 2. The summed E-state index contributed by atoms with van der Waals surface area (Å²) in [5.74, 6) is 0.0799. The van der Waals surface area contributed by atoms with Crippen molar-refractivity contribution >= 4 is 5.91 Å². The number of nitrogens with zero attached hydrogens (tertiary/aromatic N) is 1. The molecule has 0 unspecified atom stereocenters. The first-order valence-corrected chi connectivity index (χ1v) is 4.62. The van der Waals surface area contributed by atoms with Crippen LogP contribution in [0.15, 0.2) is 0 Å². The molecule has 0 aromatic rings. The minimum absolute atomic E-state index is 0.0799. The van der Waals surface area contributed by atoms with E-state index in [-0.39, 0.29) is 12.5 Å². The van der Waals surface area contributed by atoms with E-state index in [0.29, 0.717) is 6.61 Å². The number of rotatable bonds is 0. The number of carbonyl (C=O) groups is 1. The van der Waals surface area contributed by atoms with Gasteiger partial charge in [0, 0.05) is 13.6 Å². The second-order valence-electron chi connectivity index (χ2n) is 1.87. The molecule has 1 aliphatic rings. The summed E-state index contributed by atoms with van der Waals surface area (Å²) in [5, 5.41) is 0. The van der Waals surface area contributed by atoms with Crippen LogP contribution in [0.1, 0.15) is 27.7 Å². The van der Waals surface area contributed by atoms with Crippen molar-refractivity contribution < 1.29 is 9.53 Å². The smallest absolute Gasteiger partial charge is 0.248 e. The van der Waals surface area contributed by atoms with Gasteiger partial charge in [-0.15, -0.1) is 0 Å². The zero-order chi connectivity index (χ0) is 9.98. The van der Waals surface area contributed by atoms with Crippen molar-refractivity contribution in [1.82, 2.24) is 4.90 Å². The van der Waals surface area contributed by atoms with Crippen molar-refractivity contribution in [2.75, 3.05) is 26.8 Å². The van der Waals surface area contributed by atoms with Crippen LogP contribution in [-0.2, 0) is 9.53 Å². The zero-order valence-electron chi connectivity index (χ0n) is 8.89. The highest BCUT2D eigenvalue weighted by Crippen LogP contribution is 1.92. The van der Waals surface area contributed by atoms with Gasteiger partial charge in [-0.1, -0.05) is 27.7 Å². The van der Waals surface area contributed by atoms with Crippen LogP contribution in [0.25, 0.3) is 0 Å². The third-order valence-corrected chi connectivity index (χ3v) is 1.22. The van der Waals surface area contributed by atoms with Gasteiger partial charge in [0.1, 0.15) is 6.61 Å². The van der Waals surface area contributed by atoms with Gasteiger partial charge in [-0.2, -0.15) is 0 Å². The van der Waals surface area contributed by atoms with E-state index in [4.69, 9.17) is 4.74 Å². The quantitative estimate of drug-likeness (QED) is 0.558. The summed E-state index contributed by atoms with van der Waals surface area (Å²) in [6.07, 6.45) is 0. The Hall–Kier alpha value is -0.570. The molecule has 0 aromatic carbocycles. The van der Waals surface area contributed by atoms with Crippen molar-refractivity contribution in [2.24, 2.45) is 0 Å². The summed E-state index contributed by atoms with van der Waals surface area (Å²) >= 11 is 0. The fraction of sp³-hybridized carbons (Fsp3) is 0.889. The second-order valence-corrected chi connectivity index (χ2v) is 1.87. The zero-order valence-corrected chi connectivity index (χ0v) is 8.89. The van der Waals surface area contributed by atoms with Crippen molar-refractivity contribution in [3.05, 3.63) is 0 Å². The Morgan fingerprint density at radius 2 is 1.75 bits per heavy atom. The molecule has 1 fully saturated rings. The van der Waals surface area contributed by atoms with E-state index >= 15 is 0 Å². The van der Waals surface area contributed by atoms with Crippen LogP contribution >= 0.6 is 0 Å². The Labute approximate surface area is 75.7 Å². The number of amides is 1. The van der Waals surface area contributed by atoms with Gasteiger partial charge in [0.15, 0.2) is 0 Å². The lowest BCUT2D eigenvalue weighted by Crippen LogP contribution is -2.38. The van der Waals surface area contributed by atoms with Gasteiger partial charge in [-0.25, -0.2) is 0 Å². The Morgan fingerprint density at radius 1 is 1.25 bits per heavy atom. The van der Waals surface area contributed by atoms with Crippen LogP contribution in [0.4, 0.5) is 0 Å². The lowest BCUT2D eigenvalue weighted by atomic mass is 10.4. The van der Waals surface area contributed by atoms with Gasteiger partial charge in [0.25, 0.3) is 0 Å². The first-order valence-electron chi connectivity index (χ1n) is 4.62. The summed E-state index contributed by atoms with van der Waals surface area (Å²) < 4.78 is 4.86. The maximum Gasteiger partial charge on any atom is 0.248 e. The molecule has 74 valence electrons. The van der Waals surface area contributed by atoms with Gasteiger partial charge in [-0.3, -0.25) is 4.79 Å². The maximum atomic E-state index is 10.6. The molecule has 1 aliphatic heterocycles. The minimum atomic E-state index is 0.0799. The van der Waals surface area contributed by atoms with Gasteiger partial charge in [0.2, 0.25) is 5.91 Å². The molecule has 0 atom stereocenters. The van der Waals surface area contributed by atoms with Crippen molar-refractivity contribution in [2.45, 2.75) is 27.7 Å². The first-order chi connectivity index (χ1) is 5.80. The molecule has 1 amide bonds. The standard InChI is InChI=1S/C5H9NO2.2C2H6/c1-6-2-3-8-4-5(6)7;2*1-2/h2-4H2,1H3;2*1-2H3. The number of likely N-dealkylation sites (N-methyl/N-ethyl adjacent to an activating group) is 1. The Bertz CT molecular complexity index is 105. The second kappa shape index (κ2) is 10.4.